The molecule has 2 aromatic rings. The van der Waals surface area contributed by atoms with Crippen molar-refractivity contribution in [2.45, 2.75) is 24.8 Å². The van der Waals surface area contributed by atoms with Crippen molar-refractivity contribution in [3.05, 3.63) is 60.2 Å². The SMILES string of the molecule is CC(C)C(NC(=O)CN1C(=O)CSc2ccccc21)c1ccccc1. The zero-order chi connectivity index (χ0) is 17.8. The molecule has 1 heterocycles. The highest BCUT2D eigenvalue weighted by atomic mass is 32.2. The molecule has 0 aromatic heterocycles. The highest BCUT2D eigenvalue weighted by molar-refractivity contribution is 8.00. The number of nitrogens with zero attached hydrogens (tertiary/aromatic N) is 1. The third-order valence-electron chi connectivity index (χ3n) is 4.25. The fraction of sp³-hybridized carbons (Fsp3) is 0.300. The summed E-state index contributed by atoms with van der Waals surface area (Å²) in [6.07, 6.45) is 0. The van der Waals surface area contributed by atoms with E-state index in [-0.39, 0.29) is 30.3 Å². The van der Waals surface area contributed by atoms with Crippen molar-refractivity contribution in [3.8, 4) is 0 Å². The number of rotatable bonds is 5. The van der Waals surface area contributed by atoms with Crippen LogP contribution in [0.2, 0.25) is 0 Å². The van der Waals surface area contributed by atoms with Gasteiger partial charge in [-0.3, -0.25) is 9.59 Å². The molecule has 4 nitrogen and oxygen atoms in total. The van der Waals surface area contributed by atoms with Gasteiger partial charge in [0, 0.05) is 4.90 Å². The van der Waals surface area contributed by atoms with Crippen LogP contribution in [0.15, 0.2) is 59.5 Å². The van der Waals surface area contributed by atoms with Crippen LogP contribution in [0, 0.1) is 5.92 Å². The highest BCUT2D eigenvalue weighted by Gasteiger charge is 2.27. The average Bonchev–Trinajstić information content (AvgIpc) is 2.62. The predicted octanol–water partition coefficient (Wildman–Crippen LogP) is 3.64. The fourth-order valence-corrected chi connectivity index (χ4v) is 3.92. The van der Waals surface area contributed by atoms with Gasteiger partial charge in [0.05, 0.1) is 17.5 Å². The molecule has 0 fully saturated rings. The molecule has 0 radical (unpaired) electrons. The number of anilines is 1. The van der Waals surface area contributed by atoms with Crippen molar-refractivity contribution in [2.24, 2.45) is 5.92 Å². The lowest BCUT2D eigenvalue weighted by molar-refractivity contribution is -0.123. The number of hydrogen-bond acceptors (Lipinski definition) is 3. The van der Waals surface area contributed by atoms with Crippen LogP contribution in [0.4, 0.5) is 5.69 Å². The molecule has 1 aliphatic rings. The maximum absolute atomic E-state index is 12.6. The van der Waals surface area contributed by atoms with Crippen LogP contribution >= 0.6 is 11.8 Å². The van der Waals surface area contributed by atoms with E-state index in [2.05, 4.69) is 19.2 Å². The lowest BCUT2D eigenvalue weighted by atomic mass is 9.96. The van der Waals surface area contributed by atoms with Gasteiger partial charge in [0.2, 0.25) is 11.8 Å². The third-order valence-corrected chi connectivity index (χ3v) is 5.30. The molecule has 2 aromatic carbocycles. The first-order valence-corrected chi connectivity index (χ1v) is 9.41. The van der Waals surface area contributed by atoms with Gasteiger partial charge in [-0.15, -0.1) is 11.8 Å². The Morgan fingerprint density at radius 2 is 1.80 bits per heavy atom. The minimum atomic E-state index is -0.141. The number of benzene rings is 2. The zero-order valence-corrected chi connectivity index (χ0v) is 15.3. The summed E-state index contributed by atoms with van der Waals surface area (Å²) in [5, 5.41) is 3.09. The van der Waals surface area contributed by atoms with Crippen molar-refractivity contribution in [1.29, 1.82) is 0 Å². The van der Waals surface area contributed by atoms with E-state index in [1.54, 1.807) is 4.90 Å². The molecule has 0 spiro atoms. The standard InChI is InChI=1S/C20H22N2O2S/c1-14(2)20(15-8-4-3-5-9-15)21-18(23)12-22-16-10-6-7-11-17(16)25-13-19(22)24/h3-11,14,20H,12-13H2,1-2H3,(H,21,23). The summed E-state index contributed by atoms with van der Waals surface area (Å²) in [6.45, 7) is 4.21. The van der Waals surface area contributed by atoms with Gasteiger partial charge in [0.25, 0.3) is 0 Å². The van der Waals surface area contributed by atoms with Gasteiger partial charge < -0.3 is 10.2 Å². The summed E-state index contributed by atoms with van der Waals surface area (Å²) in [4.78, 5) is 27.6. The normalized spacial score (nSPS) is 15.0. The quantitative estimate of drug-likeness (QED) is 0.892. The maximum Gasteiger partial charge on any atom is 0.240 e. The van der Waals surface area contributed by atoms with E-state index in [0.29, 0.717) is 5.75 Å². The maximum atomic E-state index is 12.6. The van der Waals surface area contributed by atoms with Gasteiger partial charge in [-0.25, -0.2) is 0 Å². The molecule has 2 amide bonds. The van der Waals surface area contributed by atoms with Crippen molar-refractivity contribution < 1.29 is 9.59 Å². The first-order valence-electron chi connectivity index (χ1n) is 8.43. The predicted molar refractivity (Wildman–Crippen MR) is 102 cm³/mol. The molecule has 5 heteroatoms. The van der Waals surface area contributed by atoms with Crippen LogP contribution in [0.1, 0.15) is 25.5 Å². The van der Waals surface area contributed by atoms with Gasteiger partial charge in [0.15, 0.2) is 0 Å². The fourth-order valence-electron chi connectivity index (χ4n) is 2.99. The molecule has 0 saturated carbocycles. The summed E-state index contributed by atoms with van der Waals surface area (Å²) >= 11 is 1.52. The second-order valence-corrected chi connectivity index (χ2v) is 7.45. The van der Waals surface area contributed by atoms with Crippen LogP contribution < -0.4 is 10.2 Å². The Bertz CT molecular complexity index is 761. The largest absolute Gasteiger partial charge is 0.347 e. The van der Waals surface area contributed by atoms with Crippen LogP contribution in [-0.2, 0) is 9.59 Å². The second kappa shape index (κ2) is 7.74. The summed E-state index contributed by atoms with van der Waals surface area (Å²) in [7, 11) is 0. The molecular weight excluding hydrogens is 332 g/mol. The highest BCUT2D eigenvalue weighted by Crippen LogP contribution is 2.34. The van der Waals surface area contributed by atoms with Gasteiger partial charge in [-0.1, -0.05) is 56.3 Å². The molecule has 3 rings (SSSR count). The van der Waals surface area contributed by atoms with E-state index in [1.807, 2.05) is 54.6 Å². The van der Waals surface area contributed by atoms with Crippen molar-refractivity contribution >= 4 is 29.3 Å². The number of carbonyl (C=O) groups excluding carboxylic acids is 2. The lowest BCUT2D eigenvalue weighted by Crippen LogP contribution is -2.44. The Hall–Kier alpha value is -2.27. The molecule has 1 unspecified atom stereocenters. The summed E-state index contributed by atoms with van der Waals surface area (Å²) in [6, 6.07) is 17.6. The number of carbonyl (C=O) groups is 2. The summed E-state index contributed by atoms with van der Waals surface area (Å²) in [5.41, 5.74) is 1.89. The Morgan fingerprint density at radius 1 is 1.12 bits per heavy atom. The van der Waals surface area contributed by atoms with Crippen LogP contribution in [0.25, 0.3) is 0 Å². The molecule has 0 saturated heterocycles. The Kier molecular flexibility index (Phi) is 5.43. The van der Waals surface area contributed by atoms with Gasteiger partial charge >= 0.3 is 0 Å². The van der Waals surface area contributed by atoms with Crippen molar-refractivity contribution in [2.75, 3.05) is 17.2 Å². The van der Waals surface area contributed by atoms with E-state index in [9.17, 15) is 9.59 Å². The first-order chi connectivity index (χ1) is 12.1. The number of thioether (sulfide) groups is 1. The minimum absolute atomic E-state index is 0.0281. The number of hydrogen-bond donors (Lipinski definition) is 1. The average molecular weight is 354 g/mol. The molecule has 1 N–H and O–H groups in total. The molecular formula is C20H22N2O2S. The molecule has 0 bridgehead atoms. The zero-order valence-electron chi connectivity index (χ0n) is 14.4. The van der Waals surface area contributed by atoms with Crippen molar-refractivity contribution in [1.82, 2.24) is 5.32 Å². The van der Waals surface area contributed by atoms with Crippen molar-refractivity contribution in [3.63, 3.8) is 0 Å². The van der Waals surface area contributed by atoms with E-state index in [1.165, 1.54) is 11.8 Å². The van der Waals surface area contributed by atoms with Gasteiger partial charge in [-0.2, -0.15) is 0 Å². The summed E-state index contributed by atoms with van der Waals surface area (Å²) < 4.78 is 0. The number of nitrogens with one attached hydrogen (secondary N) is 1. The Labute approximate surface area is 152 Å². The molecule has 25 heavy (non-hydrogen) atoms. The number of para-hydroxylation sites is 1. The third kappa shape index (κ3) is 4.04. The molecule has 1 atom stereocenters. The molecule has 130 valence electrons. The Balaban J connectivity index is 1.75. The molecule has 1 aliphatic heterocycles. The van der Waals surface area contributed by atoms with Crippen LogP contribution in [0.3, 0.4) is 0 Å². The number of amides is 2. The van der Waals surface area contributed by atoms with E-state index < -0.39 is 0 Å². The second-order valence-electron chi connectivity index (χ2n) is 6.44. The monoisotopic (exact) mass is 354 g/mol. The van der Waals surface area contributed by atoms with E-state index in [4.69, 9.17) is 0 Å². The van der Waals surface area contributed by atoms with E-state index >= 15 is 0 Å². The van der Waals surface area contributed by atoms with E-state index in [0.717, 1.165) is 16.1 Å². The summed E-state index contributed by atoms with van der Waals surface area (Å²) in [5.74, 6) is 0.458. The molecule has 0 aliphatic carbocycles. The minimum Gasteiger partial charge on any atom is -0.347 e. The Morgan fingerprint density at radius 3 is 2.52 bits per heavy atom. The lowest BCUT2D eigenvalue weighted by Gasteiger charge is -2.30. The van der Waals surface area contributed by atoms with Gasteiger partial charge in [0.1, 0.15) is 6.54 Å². The van der Waals surface area contributed by atoms with Crippen LogP contribution in [-0.4, -0.2) is 24.1 Å². The number of fused-ring (bicyclic) bond motifs is 1. The topological polar surface area (TPSA) is 49.4 Å². The van der Waals surface area contributed by atoms with Gasteiger partial charge in [-0.05, 0) is 23.6 Å². The van der Waals surface area contributed by atoms with Crippen LogP contribution in [0.5, 0.6) is 0 Å². The first kappa shape index (κ1) is 17.5. The smallest absolute Gasteiger partial charge is 0.240 e.